The van der Waals surface area contributed by atoms with Crippen LogP contribution in [0.2, 0.25) is 0 Å². The molecular formula is C20H26N2O4. The first-order valence-corrected chi connectivity index (χ1v) is 8.64. The van der Waals surface area contributed by atoms with E-state index in [4.69, 9.17) is 15.2 Å². The number of amides is 2. The van der Waals surface area contributed by atoms with E-state index in [1.54, 1.807) is 0 Å². The molecular weight excluding hydrogens is 332 g/mol. The maximum absolute atomic E-state index is 10.9. The second-order valence-corrected chi connectivity index (χ2v) is 6.32. The minimum atomic E-state index is -0.882. The van der Waals surface area contributed by atoms with Gasteiger partial charge < -0.3 is 15.2 Å². The molecule has 0 fully saturated rings. The number of nitrogens with zero attached hydrogens (tertiary/aromatic N) is 1. The van der Waals surface area contributed by atoms with E-state index >= 15 is 0 Å². The molecule has 2 rings (SSSR count). The Morgan fingerprint density at radius 3 is 2.42 bits per heavy atom. The van der Waals surface area contributed by atoms with Gasteiger partial charge in [0.25, 0.3) is 0 Å². The van der Waals surface area contributed by atoms with Gasteiger partial charge in [-0.15, -0.1) is 0 Å². The molecule has 0 saturated heterocycles. The van der Waals surface area contributed by atoms with E-state index in [0.29, 0.717) is 23.0 Å². The zero-order valence-corrected chi connectivity index (χ0v) is 15.4. The Labute approximate surface area is 154 Å². The number of hydrogen-bond acceptors (Lipinski definition) is 4. The van der Waals surface area contributed by atoms with E-state index in [0.717, 1.165) is 11.1 Å². The molecule has 1 atom stereocenters. The predicted molar refractivity (Wildman–Crippen MR) is 99.5 cm³/mol. The van der Waals surface area contributed by atoms with E-state index in [1.165, 1.54) is 0 Å². The number of rotatable bonds is 8. The number of urea groups is 1. The number of nitrogens with two attached hydrogens (primary N) is 1. The van der Waals surface area contributed by atoms with Gasteiger partial charge in [0.2, 0.25) is 0 Å². The van der Waals surface area contributed by atoms with Crippen molar-refractivity contribution in [3.8, 4) is 11.5 Å². The van der Waals surface area contributed by atoms with Crippen LogP contribution in [0.15, 0.2) is 48.5 Å². The first-order chi connectivity index (χ1) is 12.4. The normalized spacial score (nSPS) is 11.9. The fourth-order valence-electron chi connectivity index (χ4n) is 2.51. The summed E-state index contributed by atoms with van der Waals surface area (Å²) in [7, 11) is 0. The van der Waals surface area contributed by atoms with Gasteiger partial charge in [-0.05, 0) is 44.4 Å². The summed E-state index contributed by atoms with van der Waals surface area (Å²) >= 11 is 0. The predicted octanol–water partition coefficient (Wildman–Crippen LogP) is 3.93. The fourth-order valence-corrected chi connectivity index (χ4v) is 2.51. The van der Waals surface area contributed by atoms with Gasteiger partial charge >= 0.3 is 6.03 Å². The van der Waals surface area contributed by atoms with Crippen molar-refractivity contribution < 1.29 is 19.5 Å². The van der Waals surface area contributed by atoms with Gasteiger partial charge in [-0.25, -0.2) is 9.86 Å². The lowest BCUT2D eigenvalue weighted by Crippen LogP contribution is -2.34. The molecule has 0 aromatic heterocycles. The summed E-state index contributed by atoms with van der Waals surface area (Å²) in [4.78, 5) is 10.9. The maximum atomic E-state index is 10.9. The van der Waals surface area contributed by atoms with Gasteiger partial charge in [-0.3, -0.25) is 5.21 Å². The van der Waals surface area contributed by atoms with E-state index in [9.17, 15) is 10.0 Å². The molecule has 140 valence electrons. The first kappa shape index (κ1) is 19.6. The van der Waals surface area contributed by atoms with E-state index in [1.807, 2.05) is 69.3 Å². The van der Waals surface area contributed by atoms with Crippen LogP contribution in [0.4, 0.5) is 4.79 Å². The Morgan fingerprint density at radius 2 is 1.81 bits per heavy atom. The van der Waals surface area contributed by atoms with E-state index in [-0.39, 0.29) is 18.8 Å². The molecule has 3 N–H and O–H groups in total. The van der Waals surface area contributed by atoms with Crippen molar-refractivity contribution in [1.82, 2.24) is 5.06 Å². The number of benzene rings is 2. The highest BCUT2D eigenvalue weighted by Gasteiger charge is 2.13. The van der Waals surface area contributed by atoms with Crippen LogP contribution < -0.4 is 15.2 Å². The third kappa shape index (κ3) is 5.67. The number of hydrogen-bond donors (Lipinski definition) is 2. The summed E-state index contributed by atoms with van der Waals surface area (Å²) < 4.78 is 11.9. The van der Waals surface area contributed by atoms with Crippen molar-refractivity contribution in [3.63, 3.8) is 0 Å². The molecule has 0 aliphatic rings. The SMILES string of the molecule is CC(C)Oc1cc(OC(C)c2ccccc2)ccc1CCN(O)C(N)=O. The van der Waals surface area contributed by atoms with Gasteiger partial charge in [-0.2, -0.15) is 0 Å². The fraction of sp³-hybridized carbons (Fsp3) is 0.350. The standard InChI is InChI=1S/C20H26N2O4/c1-14(2)25-19-13-18(26-15(3)16-7-5-4-6-8-16)10-9-17(19)11-12-22(24)20(21)23/h4-10,13-15,24H,11-12H2,1-3H3,(H2,21,23). The van der Waals surface area contributed by atoms with Gasteiger partial charge in [-0.1, -0.05) is 36.4 Å². The van der Waals surface area contributed by atoms with E-state index < -0.39 is 6.03 Å². The highest BCUT2D eigenvalue weighted by molar-refractivity contribution is 5.70. The molecule has 26 heavy (non-hydrogen) atoms. The van der Waals surface area contributed by atoms with Gasteiger partial charge in [0.05, 0.1) is 12.6 Å². The molecule has 0 heterocycles. The molecule has 0 radical (unpaired) electrons. The molecule has 2 aromatic rings. The zero-order valence-electron chi connectivity index (χ0n) is 15.4. The molecule has 1 unspecified atom stereocenters. The smallest absolute Gasteiger partial charge is 0.338 e. The number of carbonyl (C=O) groups excluding carboxylic acids is 1. The number of ether oxygens (including phenoxy) is 2. The molecule has 0 spiro atoms. The lowest BCUT2D eigenvalue weighted by Gasteiger charge is -2.19. The van der Waals surface area contributed by atoms with Crippen LogP contribution in [0, 0.1) is 0 Å². The summed E-state index contributed by atoms with van der Waals surface area (Å²) in [5.41, 5.74) is 6.98. The Morgan fingerprint density at radius 1 is 1.12 bits per heavy atom. The Bertz CT molecular complexity index is 719. The average molecular weight is 358 g/mol. The highest BCUT2D eigenvalue weighted by Crippen LogP contribution is 2.29. The lowest BCUT2D eigenvalue weighted by molar-refractivity contribution is -0.0383. The Hall–Kier alpha value is -2.73. The van der Waals surface area contributed by atoms with Crippen molar-refractivity contribution in [3.05, 3.63) is 59.7 Å². The average Bonchev–Trinajstić information content (AvgIpc) is 2.61. The summed E-state index contributed by atoms with van der Waals surface area (Å²) in [6.07, 6.45) is 0.296. The summed E-state index contributed by atoms with van der Waals surface area (Å²) in [5.74, 6) is 1.35. The van der Waals surface area contributed by atoms with Crippen molar-refractivity contribution >= 4 is 6.03 Å². The molecule has 2 aromatic carbocycles. The molecule has 2 amide bonds. The minimum Gasteiger partial charge on any atom is -0.491 e. The van der Waals surface area contributed by atoms with Crippen molar-refractivity contribution in [2.24, 2.45) is 5.73 Å². The van der Waals surface area contributed by atoms with Gasteiger partial charge in [0, 0.05) is 6.07 Å². The monoisotopic (exact) mass is 358 g/mol. The van der Waals surface area contributed by atoms with Crippen LogP contribution in [0.25, 0.3) is 0 Å². The second kappa shape index (κ2) is 9.10. The van der Waals surface area contributed by atoms with Crippen LogP contribution in [0.5, 0.6) is 11.5 Å². The maximum Gasteiger partial charge on any atom is 0.338 e. The highest BCUT2D eigenvalue weighted by atomic mass is 16.5. The molecule has 0 aliphatic heterocycles. The lowest BCUT2D eigenvalue weighted by atomic mass is 10.1. The van der Waals surface area contributed by atoms with Crippen molar-refractivity contribution in [2.75, 3.05) is 6.54 Å². The largest absolute Gasteiger partial charge is 0.491 e. The minimum absolute atomic E-state index is 0.0167. The van der Waals surface area contributed by atoms with Crippen LogP contribution in [-0.4, -0.2) is 29.0 Å². The quantitative estimate of drug-likeness (QED) is 0.553. The first-order valence-electron chi connectivity index (χ1n) is 8.64. The van der Waals surface area contributed by atoms with Gasteiger partial charge in [0.15, 0.2) is 0 Å². The van der Waals surface area contributed by atoms with Crippen LogP contribution in [0.1, 0.15) is 38.0 Å². The molecule has 0 bridgehead atoms. The topological polar surface area (TPSA) is 85.0 Å². The molecule has 0 saturated carbocycles. The third-order valence-corrected chi connectivity index (χ3v) is 3.83. The van der Waals surface area contributed by atoms with Crippen LogP contribution >= 0.6 is 0 Å². The molecule has 6 nitrogen and oxygen atoms in total. The summed E-state index contributed by atoms with van der Waals surface area (Å²) in [6, 6.07) is 14.6. The third-order valence-electron chi connectivity index (χ3n) is 3.83. The van der Waals surface area contributed by atoms with Crippen LogP contribution in [0.3, 0.4) is 0 Å². The van der Waals surface area contributed by atoms with Crippen LogP contribution in [-0.2, 0) is 6.42 Å². The second-order valence-electron chi connectivity index (χ2n) is 6.32. The number of carbonyl (C=O) groups is 1. The Kier molecular flexibility index (Phi) is 6.86. The summed E-state index contributed by atoms with van der Waals surface area (Å²) in [5, 5.41) is 9.94. The van der Waals surface area contributed by atoms with Crippen molar-refractivity contribution in [1.29, 1.82) is 0 Å². The summed E-state index contributed by atoms with van der Waals surface area (Å²) in [6.45, 7) is 5.95. The molecule has 6 heteroatoms. The number of primary amides is 1. The zero-order chi connectivity index (χ0) is 19.1. The van der Waals surface area contributed by atoms with Crippen molar-refractivity contribution in [2.45, 2.75) is 39.4 Å². The molecule has 0 aliphatic carbocycles. The Balaban J connectivity index is 2.14. The number of hydroxylamine groups is 2. The van der Waals surface area contributed by atoms with Gasteiger partial charge in [0.1, 0.15) is 17.6 Å². The van der Waals surface area contributed by atoms with E-state index in [2.05, 4.69) is 0 Å².